The van der Waals surface area contributed by atoms with Crippen molar-refractivity contribution >= 4 is 11.2 Å². The molecule has 0 unspecified atom stereocenters. The van der Waals surface area contributed by atoms with Crippen molar-refractivity contribution in [1.82, 2.24) is 19.5 Å². The Morgan fingerprint density at radius 2 is 2.38 bits per heavy atom. The second-order valence-corrected chi connectivity index (χ2v) is 2.66. The van der Waals surface area contributed by atoms with Gasteiger partial charge < -0.3 is 9.30 Å². The molecular formula is C8H10N4O. The van der Waals surface area contributed by atoms with Crippen LogP contribution in [0.4, 0.5) is 0 Å². The minimum atomic E-state index is 0.667. The van der Waals surface area contributed by atoms with Crippen molar-refractivity contribution in [2.24, 2.45) is 0 Å². The molecule has 0 aliphatic rings. The number of aromatic nitrogens is 4. The van der Waals surface area contributed by atoms with E-state index < -0.39 is 0 Å². The summed E-state index contributed by atoms with van der Waals surface area (Å²) >= 11 is 0. The normalized spacial score (nSPS) is 10.8. The molecule has 0 radical (unpaired) electrons. The van der Waals surface area contributed by atoms with Crippen LogP contribution in [-0.4, -0.2) is 33.2 Å². The van der Waals surface area contributed by atoms with E-state index in [0.717, 1.165) is 17.7 Å². The van der Waals surface area contributed by atoms with Crippen LogP contribution in [0.1, 0.15) is 0 Å². The molecule has 0 N–H and O–H groups in total. The monoisotopic (exact) mass is 178 g/mol. The third kappa shape index (κ3) is 1.50. The second kappa shape index (κ2) is 3.49. The lowest BCUT2D eigenvalue weighted by Gasteiger charge is -2.00. The molecule has 0 spiro atoms. The third-order valence-corrected chi connectivity index (χ3v) is 1.84. The van der Waals surface area contributed by atoms with E-state index in [4.69, 9.17) is 4.74 Å². The lowest BCUT2D eigenvalue weighted by molar-refractivity contribution is 0.188. The van der Waals surface area contributed by atoms with Gasteiger partial charge in [-0.25, -0.2) is 15.0 Å². The average molecular weight is 178 g/mol. The Morgan fingerprint density at radius 1 is 1.46 bits per heavy atom. The summed E-state index contributed by atoms with van der Waals surface area (Å²) in [6.45, 7) is 1.45. The van der Waals surface area contributed by atoms with Crippen LogP contribution in [0.5, 0.6) is 0 Å². The van der Waals surface area contributed by atoms with Crippen molar-refractivity contribution in [2.75, 3.05) is 13.7 Å². The van der Waals surface area contributed by atoms with E-state index in [-0.39, 0.29) is 0 Å². The van der Waals surface area contributed by atoms with Crippen LogP contribution in [-0.2, 0) is 11.3 Å². The van der Waals surface area contributed by atoms with Gasteiger partial charge >= 0.3 is 0 Å². The van der Waals surface area contributed by atoms with Crippen molar-refractivity contribution in [3.05, 3.63) is 18.9 Å². The average Bonchev–Trinajstić information content (AvgIpc) is 2.58. The predicted molar refractivity (Wildman–Crippen MR) is 47.2 cm³/mol. The Labute approximate surface area is 75.4 Å². The molecule has 0 amide bonds. The maximum atomic E-state index is 4.97. The lowest BCUT2D eigenvalue weighted by atomic mass is 10.5. The summed E-state index contributed by atoms with van der Waals surface area (Å²) in [6.07, 6.45) is 5.00. The van der Waals surface area contributed by atoms with Crippen LogP contribution in [0.2, 0.25) is 0 Å². The molecule has 0 atom stereocenters. The van der Waals surface area contributed by atoms with Gasteiger partial charge in [-0.05, 0) is 0 Å². The molecule has 2 aromatic rings. The standard InChI is InChI=1S/C8H10N4O/c1-13-3-2-12-6-11-8-7(12)4-9-5-10-8/h4-6H,2-3H2,1H3. The van der Waals surface area contributed by atoms with Gasteiger partial charge in [-0.1, -0.05) is 0 Å². The summed E-state index contributed by atoms with van der Waals surface area (Å²) in [6, 6.07) is 0. The molecule has 0 saturated heterocycles. The summed E-state index contributed by atoms with van der Waals surface area (Å²) in [5.41, 5.74) is 1.67. The number of rotatable bonds is 3. The van der Waals surface area contributed by atoms with Crippen molar-refractivity contribution < 1.29 is 4.74 Å². The van der Waals surface area contributed by atoms with E-state index in [0.29, 0.717) is 6.61 Å². The van der Waals surface area contributed by atoms with E-state index in [9.17, 15) is 0 Å². The highest BCUT2D eigenvalue weighted by Gasteiger charge is 2.01. The molecule has 68 valence electrons. The Kier molecular flexibility index (Phi) is 2.18. The fourth-order valence-corrected chi connectivity index (χ4v) is 1.17. The number of hydrogen-bond acceptors (Lipinski definition) is 4. The molecule has 0 aliphatic heterocycles. The van der Waals surface area contributed by atoms with Gasteiger partial charge in [-0.2, -0.15) is 0 Å². The predicted octanol–water partition coefficient (Wildman–Crippen LogP) is 0.473. The highest BCUT2D eigenvalue weighted by Crippen LogP contribution is 2.06. The first-order valence-corrected chi connectivity index (χ1v) is 4.01. The van der Waals surface area contributed by atoms with Gasteiger partial charge in [0.25, 0.3) is 0 Å². The van der Waals surface area contributed by atoms with Crippen LogP contribution in [0.3, 0.4) is 0 Å². The minimum absolute atomic E-state index is 0.667. The Balaban J connectivity index is 2.35. The van der Waals surface area contributed by atoms with Gasteiger partial charge in [0.2, 0.25) is 0 Å². The fourth-order valence-electron chi connectivity index (χ4n) is 1.17. The zero-order valence-corrected chi connectivity index (χ0v) is 7.34. The zero-order valence-electron chi connectivity index (χ0n) is 7.34. The number of imidazole rings is 1. The van der Waals surface area contributed by atoms with E-state index >= 15 is 0 Å². The number of fused-ring (bicyclic) bond motifs is 1. The lowest BCUT2D eigenvalue weighted by Crippen LogP contribution is -2.02. The molecule has 2 rings (SSSR count). The minimum Gasteiger partial charge on any atom is -0.383 e. The molecular weight excluding hydrogens is 168 g/mol. The molecule has 0 bridgehead atoms. The molecule has 2 heterocycles. The van der Waals surface area contributed by atoms with Crippen LogP contribution in [0.25, 0.3) is 11.2 Å². The van der Waals surface area contributed by atoms with Gasteiger partial charge in [0.15, 0.2) is 5.65 Å². The molecule has 0 aliphatic carbocycles. The van der Waals surface area contributed by atoms with Gasteiger partial charge in [0.05, 0.1) is 19.1 Å². The largest absolute Gasteiger partial charge is 0.383 e. The highest BCUT2D eigenvalue weighted by atomic mass is 16.5. The number of methoxy groups -OCH3 is 1. The van der Waals surface area contributed by atoms with Gasteiger partial charge in [-0.15, -0.1) is 0 Å². The third-order valence-electron chi connectivity index (χ3n) is 1.84. The zero-order chi connectivity index (χ0) is 9.10. The highest BCUT2D eigenvalue weighted by molar-refractivity contribution is 5.68. The second-order valence-electron chi connectivity index (χ2n) is 2.66. The maximum Gasteiger partial charge on any atom is 0.180 e. The SMILES string of the molecule is COCCn1cnc2ncncc21. The van der Waals surface area contributed by atoms with E-state index in [2.05, 4.69) is 15.0 Å². The van der Waals surface area contributed by atoms with Crippen LogP contribution < -0.4 is 0 Å². The van der Waals surface area contributed by atoms with Crippen LogP contribution in [0.15, 0.2) is 18.9 Å². The van der Waals surface area contributed by atoms with Crippen LogP contribution >= 0.6 is 0 Å². The van der Waals surface area contributed by atoms with E-state index in [1.54, 1.807) is 19.6 Å². The topological polar surface area (TPSA) is 52.8 Å². The summed E-state index contributed by atoms with van der Waals surface area (Å²) in [7, 11) is 1.68. The number of ether oxygens (including phenoxy) is 1. The Bertz CT molecular complexity index is 398. The Morgan fingerprint density at radius 3 is 3.23 bits per heavy atom. The van der Waals surface area contributed by atoms with Gasteiger partial charge in [-0.3, -0.25) is 0 Å². The van der Waals surface area contributed by atoms with Crippen molar-refractivity contribution in [1.29, 1.82) is 0 Å². The fraction of sp³-hybridized carbons (Fsp3) is 0.375. The quantitative estimate of drug-likeness (QED) is 0.685. The number of nitrogens with zero attached hydrogens (tertiary/aromatic N) is 4. The Hall–Kier alpha value is -1.49. The summed E-state index contributed by atoms with van der Waals surface area (Å²) in [5, 5.41) is 0. The van der Waals surface area contributed by atoms with Crippen molar-refractivity contribution in [3.8, 4) is 0 Å². The van der Waals surface area contributed by atoms with Crippen molar-refractivity contribution in [2.45, 2.75) is 6.54 Å². The maximum absolute atomic E-state index is 4.97. The van der Waals surface area contributed by atoms with Gasteiger partial charge in [0, 0.05) is 13.7 Å². The van der Waals surface area contributed by atoms with Crippen LogP contribution in [0, 0.1) is 0 Å². The van der Waals surface area contributed by atoms with E-state index in [1.165, 1.54) is 6.33 Å². The van der Waals surface area contributed by atoms with Gasteiger partial charge in [0.1, 0.15) is 11.8 Å². The van der Waals surface area contributed by atoms with Crippen molar-refractivity contribution in [3.63, 3.8) is 0 Å². The summed E-state index contributed by atoms with van der Waals surface area (Å²) < 4.78 is 6.95. The summed E-state index contributed by atoms with van der Waals surface area (Å²) in [4.78, 5) is 12.1. The van der Waals surface area contributed by atoms with E-state index in [1.807, 2.05) is 4.57 Å². The molecule has 0 saturated carbocycles. The molecule has 5 nitrogen and oxygen atoms in total. The molecule has 2 aromatic heterocycles. The molecule has 0 aromatic carbocycles. The molecule has 13 heavy (non-hydrogen) atoms. The first kappa shape index (κ1) is 8.12. The molecule has 0 fully saturated rings. The molecule has 5 heteroatoms. The number of hydrogen-bond donors (Lipinski definition) is 0. The summed E-state index contributed by atoms with van der Waals surface area (Å²) in [5.74, 6) is 0. The first-order chi connectivity index (χ1) is 6.42. The smallest absolute Gasteiger partial charge is 0.180 e. The first-order valence-electron chi connectivity index (χ1n) is 4.01.